The molecule has 0 N–H and O–H groups in total. The summed E-state index contributed by atoms with van der Waals surface area (Å²) in [6.07, 6.45) is 0. The lowest BCUT2D eigenvalue weighted by molar-refractivity contribution is -0.140. The number of amides is 1. The molecule has 1 heterocycles. The van der Waals surface area contributed by atoms with Crippen LogP contribution < -0.4 is 0 Å². The smallest absolute Gasteiger partial charge is 0.343 e. The number of esters is 1. The normalized spacial score (nSPS) is 11.6. The maximum absolute atomic E-state index is 12.8. The van der Waals surface area contributed by atoms with E-state index in [2.05, 4.69) is 5.10 Å². The lowest BCUT2D eigenvalue weighted by atomic mass is 10.0. The number of ether oxygens (including phenoxy) is 1. The molecule has 1 aromatic carbocycles. The van der Waals surface area contributed by atoms with Crippen LogP contribution in [0.3, 0.4) is 0 Å². The first-order valence-corrected chi connectivity index (χ1v) is 10.1. The largest absolute Gasteiger partial charge is 0.452 e. The molecule has 29 heavy (non-hydrogen) atoms. The summed E-state index contributed by atoms with van der Waals surface area (Å²) in [5.41, 5.74) is 1.29. The summed E-state index contributed by atoms with van der Waals surface area (Å²) >= 11 is 6.33. The number of halogens is 1. The van der Waals surface area contributed by atoms with E-state index in [4.69, 9.17) is 16.3 Å². The predicted octanol–water partition coefficient (Wildman–Crippen LogP) is 4.49. The molecule has 0 aliphatic carbocycles. The summed E-state index contributed by atoms with van der Waals surface area (Å²) in [7, 11) is 0. The van der Waals surface area contributed by atoms with Gasteiger partial charge in [-0.25, -0.2) is 4.79 Å². The number of rotatable bonds is 7. The molecule has 0 atom stereocenters. The minimum absolute atomic E-state index is 0.213. The van der Waals surface area contributed by atoms with Crippen molar-refractivity contribution >= 4 is 23.5 Å². The Morgan fingerprint density at radius 1 is 1.21 bits per heavy atom. The van der Waals surface area contributed by atoms with Crippen LogP contribution in [0, 0.1) is 12.8 Å². The second kappa shape index (κ2) is 9.44. The highest BCUT2D eigenvalue weighted by atomic mass is 35.5. The second-order valence-corrected chi connectivity index (χ2v) is 8.90. The van der Waals surface area contributed by atoms with Crippen molar-refractivity contribution in [2.24, 2.45) is 5.92 Å². The van der Waals surface area contributed by atoms with Crippen LogP contribution >= 0.6 is 11.6 Å². The first-order chi connectivity index (χ1) is 13.5. The van der Waals surface area contributed by atoms with Crippen LogP contribution in [0.1, 0.15) is 56.2 Å². The standard InChI is InChI=1S/C22H30ClN3O3/c1-15(2)12-26-20(23)19(16(3)24-26)21(28)29-14-18(27)25(22(4,5)6)13-17-10-8-7-9-11-17/h7-11,15H,12-14H2,1-6H3. The third kappa shape index (κ3) is 6.07. The van der Waals surface area contributed by atoms with E-state index < -0.39 is 11.5 Å². The maximum atomic E-state index is 12.8. The highest BCUT2D eigenvalue weighted by Crippen LogP contribution is 2.22. The molecule has 0 aliphatic rings. The summed E-state index contributed by atoms with van der Waals surface area (Å²) in [5, 5.41) is 4.56. The highest BCUT2D eigenvalue weighted by molar-refractivity contribution is 6.32. The zero-order valence-corrected chi connectivity index (χ0v) is 18.8. The SMILES string of the molecule is Cc1nn(CC(C)C)c(Cl)c1C(=O)OCC(=O)N(Cc1ccccc1)C(C)(C)C. The molecule has 0 unspecified atom stereocenters. The van der Waals surface area contributed by atoms with Crippen molar-refractivity contribution in [3.05, 3.63) is 52.3 Å². The monoisotopic (exact) mass is 419 g/mol. The molecule has 1 amide bonds. The van der Waals surface area contributed by atoms with Gasteiger partial charge in [-0.2, -0.15) is 5.10 Å². The molecule has 158 valence electrons. The fourth-order valence-electron chi connectivity index (χ4n) is 2.99. The van der Waals surface area contributed by atoms with Crippen LogP contribution in [-0.4, -0.2) is 38.7 Å². The van der Waals surface area contributed by atoms with Gasteiger partial charge in [-0.15, -0.1) is 0 Å². The molecule has 0 saturated heterocycles. The van der Waals surface area contributed by atoms with E-state index in [9.17, 15) is 9.59 Å². The molecule has 0 spiro atoms. The summed E-state index contributed by atoms with van der Waals surface area (Å²) in [4.78, 5) is 27.1. The van der Waals surface area contributed by atoms with Gasteiger partial charge in [-0.3, -0.25) is 9.48 Å². The first-order valence-electron chi connectivity index (χ1n) is 9.75. The number of nitrogens with zero attached hydrogens (tertiary/aromatic N) is 3. The second-order valence-electron chi connectivity index (χ2n) is 8.54. The van der Waals surface area contributed by atoms with Crippen LogP contribution in [0.25, 0.3) is 0 Å². The van der Waals surface area contributed by atoms with Gasteiger partial charge in [0.2, 0.25) is 0 Å². The molecule has 0 aliphatic heterocycles. The van der Waals surface area contributed by atoms with E-state index in [0.717, 1.165) is 5.56 Å². The Morgan fingerprint density at radius 2 is 1.83 bits per heavy atom. The number of benzene rings is 1. The molecular weight excluding hydrogens is 390 g/mol. The van der Waals surface area contributed by atoms with Gasteiger partial charge in [0, 0.05) is 18.6 Å². The molecule has 7 heteroatoms. The Hall–Kier alpha value is -2.34. The molecule has 6 nitrogen and oxygen atoms in total. The van der Waals surface area contributed by atoms with Gasteiger partial charge >= 0.3 is 5.97 Å². The van der Waals surface area contributed by atoms with E-state index >= 15 is 0 Å². The van der Waals surface area contributed by atoms with Gasteiger partial charge in [0.05, 0.1) is 5.69 Å². The van der Waals surface area contributed by atoms with E-state index in [1.165, 1.54) is 0 Å². The molecular formula is C22H30ClN3O3. The number of hydrogen-bond acceptors (Lipinski definition) is 4. The van der Waals surface area contributed by atoms with Gasteiger partial charge in [-0.05, 0) is 39.2 Å². The Balaban J connectivity index is 2.10. The minimum atomic E-state index is -0.635. The van der Waals surface area contributed by atoms with Gasteiger partial charge in [0.25, 0.3) is 5.91 Å². The number of aromatic nitrogens is 2. The predicted molar refractivity (Wildman–Crippen MR) is 114 cm³/mol. The fraction of sp³-hybridized carbons (Fsp3) is 0.500. The van der Waals surface area contributed by atoms with Crippen molar-refractivity contribution in [3.8, 4) is 0 Å². The topological polar surface area (TPSA) is 64.4 Å². The molecule has 1 aromatic heterocycles. The van der Waals surface area contributed by atoms with Crippen molar-refractivity contribution in [2.45, 2.75) is 60.2 Å². The quantitative estimate of drug-likeness (QED) is 0.620. The highest BCUT2D eigenvalue weighted by Gasteiger charge is 2.28. The minimum Gasteiger partial charge on any atom is -0.452 e. The summed E-state index contributed by atoms with van der Waals surface area (Å²) in [5.74, 6) is -0.571. The average Bonchev–Trinajstić information content (AvgIpc) is 2.90. The average molecular weight is 420 g/mol. The van der Waals surface area contributed by atoms with Gasteiger partial charge in [-0.1, -0.05) is 55.8 Å². The maximum Gasteiger partial charge on any atom is 0.343 e. The van der Waals surface area contributed by atoms with Gasteiger partial charge in [0.15, 0.2) is 6.61 Å². The van der Waals surface area contributed by atoms with Crippen molar-refractivity contribution in [2.75, 3.05) is 6.61 Å². The van der Waals surface area contributed by atoms with Crippen LogP contribution in [-0.2, 0) is 22.6 Å². The van der Waals surface area contributed by atoms with Crippen molar-refractivity contribution < 1.29 is 14.3 Å². The number of carbonyl (C=O) groups excluding carboxylic acids is 2. The fourth-order valence-corrected chi connectivity index (χ4v) is 3.32. The molecule has 0 fully saturated rings. The number of aryl methyl sites for hydroxylation is 1. The van der Waals surface area contributed by atoms with Crippen molar-refractivity contribution in [1.82, 2.24) is 14.7 Å². The van der Waals surface area contributed by atoms with E-state index in [0.29, 0.717) is 24.7 Å². The van der Waals surface area contributed by atoms with Crippen LogP contribution in [0.2, 0.25) is 5.15 Å². The Kier molecular flexibility index (Phi) is 7.47. The van der Waals surface area contributed by atoms with E-state index in [-0.39, 0.29) is 23.2 Å². The Morgan fingerprint density at radius 3 is 2.38 bits per heavy atom. The molecule has 0 radical (unpaired) electrons. The molecule has 0 saturated carbocycles. The van der Waals surface area contributed by atoms with Crippen LogP contribution in [0.4, 0.5) is 0 Å². The summed E-state index contributed by atoms with van der Waals surface area (Å²) in [6.45, 7) is 12.3. The van der Waals surface area contributed by atoms with Crippen LogP contribution in [0.5, 0.6) is 0 Å². The third-order valence-electron chi connectivity index (χ3n) is 4.43. The molecule has 2 rings (SSSR count). The first kappa shape index (κ1) is 22.9. The number of hydrogen-bond donors (Lipinski definition) is 0. The third-order valence-corrected chi connectivity index (χ3v) is 4.81. The zero-order chi connectivity index (χ0) is 21.8. The summed E-state index contributed by atoms with van der Waals surface area (Å²) < 4.78 is 6.91. The van der Waals surface area contributed by atoms with Gasteiger partial charge < -0.3 is 9.64 Å². The van der Waals surface area contributed by atoms with Crippen LogP contribution in [0.15, 0.2) is 30.3 Å². The lowest BCUT2D eigenvalue weighted by Crippen LogP contribution is -2.46. The molecule has 2 aromatic rings. The molecule has 0 bridgehead atoms. The summed E-state index contributed by atoms with van der Waals surface area (Å²) in [6, 6.07) is 9.72. The Labute approximate surface area is 177 Å². The van der Waals surface area contributed by atoms with E-state index in [1.54, 1.807) is 16.5 Å². The zero-order valence-electron chi connectivity index (χ0n) is 18.0. The van der Waals surface area contributed by atoms with E-state index in [1.807, 2.05) is 65.0 Å². The Bertz CT molecular complexity index is 854. The van der Waals surface area contributed by atoms with Gasteiger partial charge in [0.1, 0.15) is 10.7 Å². The lowest BCUT2D eigenvalue weighted by Gasteiger charge is -2.35. The van der Waals surface area contributed by atoms with Crippen molar-refractivity contribution in [3.63, 3.8) is 0 Å². The van der Waals surface area contributed by atoms with Crippen molar-refractivity contribution in [1.29, 1.82) is 0 Å². The number of carbonyl (C=O) groups is 2.